The van der Waals surface area contributed by atoms with Gasteiger partial charge in [0.25, 0.3) is 0 Å². The predicted octanol–water partition coefficient (Wildman–Crippen LogP) is 3.13. The van der Waals surface area contributed by atoms with Crippen LogP contribution in [-0.2, 0) is 4.79 Å². The van der Waals surface area contributed by atoms with Crippen molar-refractivity contribution < 1.29 is 9.90 Å². The zero-order chi connectivity index (χ0) is 13.4. The van der Waals surface area contributed by atoms with E-state index in [2.05, 4.69) is 0 Å². The van der Waals surface area contributed by atoms with E-state index in [-0.39, 0.29) is 12.0 Å². The first-order valence-corrected chi connectivity index (χ1v) is 6.29. The Morgan fingerprint density at radius 1 is 1.33 bits per heavy atom. The summed E-state index contributed by atoms with van der Waals surface area (Å²) in [4.78, 5) is 10.3. The Bertz CT molecular complexity index is 385. The van der Waals surface area contributed by atoms with Gasteiger partial charge < -0.3 is 10.8 Å². The highest BCUT2D eigenvalue weighted by Gasteiger charge is 2.16. The highest BCUT2D eigenvalue weighted by Crippen LogP contribution is 2.17. The Morgan fingerprint density at radius 3 is 2.33 bits per heavy atom. The van der Waals surface area contributed by atoms with Crippen LogP contribution in [0.25, 0.3) is 0 Å². The monoisotopic (exact) mass is 247 g/mol. The molecule has 1 aliphatic rings. The number of hydrogen-bond donors (Lipinski definition) is 2. The third-order valence-electron chi connectivity index (χ3n) is 2.94. The Balaban J connectivity index is 0.000000180. The fraction of sp³-hybridized carbons (Fsp3) is 0.400. The zero-order valence-corrected chi connectivity index (χ0v) is 10.8. The Labute approximate surface area is 108 Å². The van der Waals surface area contributed by atoms with Gasteiger partial charge >= 0.3 is 5.97 Å². The molecule has 98 valence electrons. The average molecular weight is 247 g/mol. The molecule has 3 nitrogen and oxygen atoms in total. The summed E-state index contributed by atoms with van der Waals surface area (Å²) < 4.78 is 0. The quantitative estimate of drug-likeness (QED) is 0.789. The molecule has 0 saturated heterocycles. The molecule has 0 aliphatic heterocycles. The number of rotatable bonds is 2. The van der Waals surface area contributed by atoms with Crippen molar-refractivity contribution in [2.45, 2.75) is 32.2 Å². The Kier molecular flexibility index (Phi) is 6.15. The van der Waals surface area contributed by atoms with Gasteiger partial charge in [0.2, 0.25) is 0 Å². The van der Waals surface area contributed by atoms with Gasteiger partial charge in [-0.2, -0.15) is 0 Å². The molecule has 3 heteroatoms. The van der Waals surface area contributed by atoms with E-state index in [0.717, 1.165) is 19.3 Å². The molecule has 1 aromatic carbocycles. The number of allylic oxidation sites excluding steroid dienone is 2. The average Bonchev–Trinajstić information content (AvgIpc) is 2.41. The van der Waals surface area contributed by atoms with E-state index in [1.807, 2.05) is 49.4 Å². The Hall–Kier alpha value is -1.61. The lowest BCUT2D eigenvalue weighted by Crippen LogP contribution is -2.13. The molecule has 2 atom stereocenters. The first kappa shape index (κ1) is 14.5. The molecule has 0 unspecified atom stereocenters. The molecule has 0 amide bonds. The van der Waals surface area contributed by atoms with Gasteiger partial charge in [0.05, 0.1) is 5.92 Å². The van der Waals surface area contributed by atoms with Crippen LogP contribution in [0.2, 0.25) is 0 Å². The lowest BCUT2D eigenvalue weighted by atomic mass is 9.95. The van der Waals surface area contributed by atoms with E-state index in [1.54, 1.807) is 0 Å². The summed E-state index contributed by atoms with van der Waals surface area (Å²) >= 11 is 0. The van der Waals surface area contributed by atoms with Gasteiger partial charge in [0, 0.05) is 6.04 Å². The van der Waals surface area contributed by atoms with Gasteiger partial charge in [0.15, 0.2) is 0 Å². The van der Waals surface area contributed by atoms with Crippen LogP contribution in [0, 0.1) is 5.92 Å². The van der Waals surface area contributed by atoms with Crippen LogP contribution in [0.1, 0.15) is 37.8 Å². The second kappa shape index (κ2) is 7.67. The summed E-state index contributed by atoms with van der Waals surface area (Å²) in [7, 11) is 0. The van der Waals surface area contributed by atoms with Crippen molar-refractivity contribution in [1.82, 2.24) is 0 Å². The third kappa shape index (κ3) is 5.15. The summed E-state index contributed by atoms with van der Waals surface area (Å²) in [6, 6.07) is 10.2. The number of hydrogen-bond acceptors (Lipinski definition) is 2. The van der Waals surface area contributed by atoms with Crippen LogP contribution in [0.3, 0.4) is 0 Å². The van der Waals surface area contributed by atoms with Gasteiger partial charge in [-0.15, -0.1) is 0 Å². The van der Waals surface area contributed by atoms with Crippen molar-refractivity contribution in [3.63, 3.8) is 0 Å². The third-order valence-corrected chi connectivity index (χ3v) is 2.94. The number of carboxylic acid groups (broad SMARTS) is 1. The lowest BCUT2D eigenvalue weighted by Gasteiger charge is -2.11. The lowest BCUT2D eigenvalue weighted by molar-refractivity contribution is -0.141. The summed E-state index contributed by atoms with van der Waals surface area (Å²) in [5.41, 5.74) is 6.81. The molecule has 1 aromatic rings. The number of nitrogens with two attached hydrogens (primary N) is 1. The standard InChI is InChI=1S/C8H11N.C7H10O2/c1-7(9)8-5-3-2-4-6-8;8-7(9)6-4-2-1-3-5-6/h2-7H,9H2,1H3;1-2,6H,3-5H2,(H,8,9)/t7-;6-/m11/s1. The van der Waals surface area contributed by atoms with Gasteiger partial charge in [-0.3, -0.25) is 4.79 Å². The van der Waals surface area contributed by atoms with E-state index in [9.17, 15) is 4.79 Å². The highest BCUT2D eigenvalue weighted by atomic mass is 16.4. The minimum atomic E-state index is -0.653. The smallest absolute Gasteiger partial charge is 0.306 e. The highest BCUT2D eigenvalue weighted by molar-refractivity contribution is 5.70. The number of aliphatic carboxylic acids is 1. The summed E-state index contributed by atoms with van der Waals surface area (Å²) in [5, 5.41) is 8.50. The molecule has 0 heterocycles. The van der Waals surface area contributed by atoms with Gasteiger partial charge in [0.1, 0.15) is 0 Å². The minimum Gasteiger partial charge on any atom is -0.481 e. The van der Waals surface area contributed by atoms with Crippen molar-refractivity contribution in [3.8, 4) is 0 Å². The SMILES string of the molecule is C[C@@H](N)c1ccccc1.O=C(O)[C@@H]1CC=CCC1. The van der Waals surface area contributed by atoms with Crippen molar-refractivity contribution in [1.29, 1.82) is 0 Å². The van der Waals surface area contributed by atoms with Crippen molar-refractivity contribution in [2.24, 2.45) is 11.7 Å². The largest absolute Gasteiger partial charge is 0.481 e. The van der Waals surface area contributed by atoms with Crippen molar-refractivity contribution in [2.75, 3.05) is 0 Å². The maximum atomic E-state index is 10.3. The van der Waals surface area contributed by atoms with E-state index in [0.29, 0.717) is 0 Å². The second-order valence-corrected chi connectivity index (χ2v) is 4.52. The molecule has 2 rings (SSSR count). The van der Waals surface area contributed by atoms with Gasteiger partial charge in [-0.05, 0) is 31.7 Å². The number of carbonyl (C=O) groups is 1. The molecule has 1 aliphatic carbocycles. The van der Waals surface area contributed by atoms with Crippen LogP contribution in [0.4, 0.5) is 0 Å². The molecule has 0 aromatic heterocycles. The summed E-state index contributed by atoms with van der Waals surface area (Å²) in [6.45, 7) is 1.98. The predicted molar refractivity (Wildman–Crippen MR) is 73.2 cm³/mol. The second-order valence-electron chi connectivity index (χ2n) is 4.52. The van der Waals surface area contributed by atoms with Gasteiger partial charge in [-0.25, -0.2) is 0 Å². The molecule has 0 spiro atoms. The molecule has 0 fully saturated rings. The van der Waals surface area contributed by atoms with Crippen LogP contribution < -0.4 is 5.73 Å². The topological polar surface area (TPSA) is 63.3 Å². The molecular formula is C15H21NO2. The molecule has 18 heavy (non-hydrogen) atoms. The summed E-state index contributed by atoms with van der Waals surface area (Å²) in [6.07, 6.45) is 6.44. The van der Waals surface area contributed by atoms with Crippen molar-refractivity contribution >= 4 is 5.97 Å². The number of carboxylic acids is 1. The van der Waals surface area contributed by atoms with E-state index < -0.39 is 5.97 Å². The molecule has 0 bridgehead atoms. The summed E-state index contributed by atoms with van der Waals surface area (Å²) in [5.74, 6) is -0.769. The fourth-order valence-corrected chi connectivity index (χ4v) is 1.77. The fourth-order valence-electron chi connectivity index (χ4n) is 1.77. The van der Waals surface area contributed by atoms with Crippen molar-refractivity contribution in [3.05, 3.63) is 48.0 Å². The van der Waals surface area contributed by atoms with Crippen LogP contribution in [0.15, 0.2) is 42.5 Å². The van der Waals surface area contributed by atoms with Crippen LogP contribution in [-0.4, -0.2) is 11.1 Å². The van der Waals surface area contributed by atoms with E-state index in [1.165, 1.54) is 5.56 Å². The molecule has 0 saturated carbocycles. The molecule has 0 radical (unpaired) electrons. The zero-order valence-electron chi connectivity index (χ0n) is 10.8. The molecular weight excluding hydrogens is 226 g/mol. The van der Waals surface area contributed by atoms with E-state index >= 15 is 0 Å². The van der Waals surface area contributed by atoms with Crippen LogP contribution >= 0.6 is 0 Å². The van der Waals surface area contributed by atoms with E-state index in [4.69, 9.17) is 10.8 Å². The first-order chi connectivity index (χ1) is 8.61. The Morgan fingerprint density at radius 2 is 2.00 bits per heavy atom. The van der Waals surface area contributed by atoms with Crippen LogP contribution in [0.5, 0.6) is 0 Å². The number of benzene rings is 1. The maximum absolute atomic E-state index is 10.3. The molecule has 3 N–H and O–H groups in total. The first-order valence-electron chi connectivity index (χ1n) is 6.29. The maximum Gasteiger partial charge on any atom is 0.306 e. The van der Waals surface area contributed by atoms with Gasteiger partial charge in [-0.1, -0.05) is 42.5 Å². The normalized spacial score (nSPS) is 19.6. The minimum absolute atomic E-state index is 0.116.